The van der Waals surface area contributed by atoms with Gasteiger partial charge in [-0.05, 0) is 13.0 Å². The van der Waals surface area contributed by atoms with Gasteiger partial charge < -0.3 is 14.1 Å². The maximum atomic E-state index is 12.2. The highest BCUT2D eigenvalue weighted by molar-refractivity contribution is 6.18. The van der Waals surface area contributed by atoms with Crippen LogP contribution in [0.25, 0.3) is 0 Å². The molecule has 0 bridgehead atoms. The molecule has 0 N–H and O–H groups in total. The fourth-order valence-corrected chi connectivity index (χ4v) is 2.07. The fourth-order valence-electron chi connectivity index (χ4n) is 1.81. The Kier molecular flexibility index (Phi) is 3.51. The summed E-state index contributed by atoms with van der Waals surface area (Å²) < 4.78 is 10.4. The highest BCUT2D eigenvalue weighted by Crippen LogP contribution is 2.16. The monoisotopic (exact) mass is 243 g/mol. The van der Waals surface area contributed by atoms with Gasteiger partial charge in [0.05, 0.1) is 31.1 Å². The Morgan fingerprint density at radius 3 is 3.12 bits per heavy atom. The normalized spacial score (nSPS) is 21.1. The van der Waals surface area contributed by atoms with Crippen LogP contribution in [0.3, 0.4) is 0 Å². The van der Waals surface area contributed by atoms with Crippen molar-refractivity contribution in [2.75, 3.05) is 25.6 Å². The van der Waals surface area contributed by atoms with Crippen molar-refractivity contribution >= 4 is 17.5 Å². The Morgan fingerprint density at radius 2 is 2.50 bits per heavy atom. The number of furan rings is 1. The molecular formula is C11H14ClNO3. The third-order valence-corrected chi connectivity index (χ3v) is 3.11. The van der Waals surface area contributed by atoms with E-state index in [2.05, 4.69) is 0 Å². The molecule has 16 heavy (non-hydrogen) atoms. The number of carbonyl (C=O) groups excluding carboxylic acids is 1. The molecule has 0 aliphatic carbocycles. The summed E-state index contributed by atoms with van der Waals surface area (Å²) in [5, 5.41) is 0. The van der Waals surface area contributed by atoms with Gasteiger partial charge in [-0.25, -0.2) is 0 Å². The van der Waals surface area contributed by atoms with Gasteiger partial charge in [0.15, 0.2) is 0 Å². The van der Waals surface area contributed by atoms with E-state index in [1.54, 1.807) is 17.9 Å². The van der Waals surface area contributed by atoms with E-state index in [4.69, 9.17) is 20.8 Å². The highest BCUT2D eigenvalue weighted by Gasteiger charge is 2.28. The lowest BCUT2D eigenvalue weighted by molar-refractivity contribution is 0.00447. The van der Waals surface area contributed by atoms with Crippen molar-refractivity contribution in [1.29, 1.82) is 0 Å². The second kappa shape index (κ2) is 4.89. The molecule has 5 heteroatoms. The summed E-state index contributed by atoms with van der Waals surface area (Å²) in [6.45, 7) is 3.44. The van der Waals surface area contributed by atoms with E-state index in [1.807, 2.05) is 0 Å². The molecule has 2 rings (SSSR count). The molecule has 0 aromatic carbocycles. The molecule has 2 heterocycles. The molecule has 88 valence electrons. The number of halogens is 1. The second-order valence-electron chi connectivity index (χ2n) is 3.77. The minimum absolute atomic E-state index is 0.0276. The molecule has 1 fully saturated rings. The molecule has 0 spiro atoms. The molecule has 1 aliphatic rings. The lowest BCUT2D eigenvalue weighted by atomic mass is 10.2. The number of morpholine rings is 1. The van der Waals surface area contributed by atoms with Crippen LogP contribution >= 0.6 is 11.6 Å². The average molecular weight is 244 g/mol. The predicted molar refractivity (Wildman–Crippen MR) is 59.8 cm³/mol. The molecule has 1 unspecified atom stereocenters. The molecule has 4 nitrogen and oxygen atoms in total. The average Bonchev–Trinajstić information content (AvgIpc) is 2.74. The van der Waals surface area contributed by atoms with Gasteiger partial charge in [-0.15, -0.1) is 11.6 Å². The molecule has 1 aliphatic heterocycles. The summed E-state index contributed by atoms with van der Waals surface area (Å²) in [7, 11) is 0. The van der Waals surface area contributed by atoms with E-state index in [0.29, 0.717) is 37.0 Å². The Hall–Kier alpha value is -1.00. The van der Waals surface area contributed by atoms with Gasteiger partial charge in [0.2, 0.25) is 0 Å². The fraction of sp³-hybridized carbons (Fsp3) is 0.545. The minimum atomic E-state index is -0.0442. The van der Waals surface area contributed by atoms with Crippen LogP contribution in [-0.2, 0) is 4.74 Å². The van der Waals surface area contributed by atoms with Gasteiger partial charge in [0.25, 0.3) is 5.91 Å². The first-order chi connectivity index (χ1) is 7.74. The summed E-state index contributed by atoms with van der Waals surface area (Å²) in [4.78, 5) is 14.0. The van der Waals surface area contributed by atoms with E-state index >= 15 is 0 Å². The van der Waals surface area contributed by atoms with Gasteiger partial charge in [-0.3, -0.25) is 4.79 Å². The number of aryl methyl sites for hydroxylation is 1. The minimum Gasteiger partial charge on any atom is -0.469 e. The molecule has 0 radical (unpaired) electrons. The first kappa shape index (κ1) is 11.5. The lowest BCUT2D eigenvalue weighted by Gasteiger charge is -2.34. The molecule has 0 saturated carbocycles. The van der Waals surface area contributed by atoms with Crippen LogP contribution in [0.1, 0.15) is 16.1 Å². The Bertz CT molecular complexity index is 377. The zero-order valence-electron chi connectivity index (χ0n) is 9.11. The molecule has 1 aromatic heterocycles. The number of alkyl halides is 1. The molecule has 1 aromatic rings. The van der Waals surface area contributed by atoms with E-state index in [-0.39, 0.29) is 11.9 Å². The van der Waals surface area contributed by atoms with Gasteiger partial charge in [-0.2, -0.15) is 0 Å². The zero-order valence-corrected chi connectivity index (χ0v) is 9.87. The van der Waals surface area contributed by atoms with Crippen LogP contribution in [0.15, 0.2) is 16.7 Å². The lowest BCUT2D eigenvalue weighted by Crippen LogP contribution is -2.49. The summed E-state index contributed by atoms with van der Waals surface area (Å²) in [6.07, 6.45) is 1.53. The molecule has 1 amide bonds. The van der Waals surface area contributed by atoms with Crippen molar-refractivity contribution in [3.8, 4) is 0 Å². The Labute approximate surface area is 99.1 Å². The van der Waals surface area contributed by atoms with Crippen molar-refractivity contribution in [3.63, 3.8) is 0 Å². The molecule has 1 saturated heterocycles. The smallest absolute Gasteiger partial charge is 0.257 e. The SMILES string of the molecule is Cc1occc1C(=O)N1CCOCC1CCl. The number of hydrogen-bond donors (Lipinski definition) is 0. The van der Waals surface area contributed by atoms with Crippen molar-refractivity contribution < 1.29 is 13.9 Å². The van der Waals surface area contributed by atoms with Gasteiger partial charge in [-0.1, -0.05) is 0 Å². The van der Waals surface area contributed by atoms with Crippen LogP contribution in [0.5, 0.6) is 0 Å². The third kappa shape index (κ3) is 2.08. The maximum absolute atomic E-state index is 12.2. The summed E-state index contributed by atoms with van der Waals surface area (Å²) in [5.74, 6) is 1.01. The van der Waals surface area contributed by atoms with E-state index in [1.165, 1.54) is 6.26 Å². The molecule has 1 atom stereocenters. The number of carbonyl (C=O) groups is 1. The summed E-state index contributed by atoms with van der Waals surface area (Å²) in [6, 6.07) is 1.65. The standard InChI is InChI=1S/C11H14ClNO3/c1-8-10(2-4-16-8)11(14)13-3-5-15-7-9(13)6-12/h2,4,9H,3,5-7H2,1H3. The molecular weight excluding hydrogens is 230 g/mol. The Balaban J connectivity index is 2.17. The van der Waals surface area contributed by atoms with E-state index in [9.17, 15) is 4.79 Å². The maximum Gasteiger partial charge on any atom is 0.257 e. The zero-order chi connectivity index (χ0) is 11.5. The van der Waals surface area contributed by atoms with Crippen molar-refractivity contribution in [2.24, 2.45) is 0 Å². The van der Waals surface area contributed by atoms with Gasteiger partial charge in [0.1, 0.15) is 5.76 Å². The Morgan fingerprint density at radius 1 is 1.69 bits per heavy atom. The highest BCUT2D eigenvalue weighted by atomic mass is 35.5. The van der Waals surface area contributed by atoms with Gasteiger partial charge in [0, 0.05) is 12.4 Å². The predicted octanol–water partition coefficient (Wildman–Crippen LogP) is 1.67. The van der Waals surface area contributed by atoms with Crippen LogP contribution in [-0.4, -0.2) is 42.5 Å². The van der Waals surface area contributed by atoms with Crippen LogP contribution in [0, 0.1) is 6.92 Å². The summed E-state index contributed by atoms with van der Waals surface area (Å²) in [5.41, 5.74) is 0.608. The third-order valence-electron chi connectivity index (χ3n) is 2.76. The quantitative estimate of drug-likeness (QED) is 0.742. The first-order valence-electron chi connectivity index (χ1n) is 5.23. The van der Waals surface area contributed by atoms with Crippen LogP contribution in [0.4, 0.5) is 0 Å². The number of amides is 1. The first-order valence-corrected chi connectivity index (χ1v) is 5.76. The van der Waals surface area contributed by atoms with Crippen molar-refractivity contribution in [3.05, 3.63) is 23.7 Å². The van der Waals surface area contributed by atoms with Gasteiger partial charge >= 0.3 is 0 Å². The number of hydrogen-bond acceptors (Lipinski definition) is 3. The topological polar surface area (TPSA) is 42.7 Å². The number of nitrogens with zero attached hydrogens (tertiary/aromatic N) is 1. The number of ether oxygens (including phenoxy) is 1. The number of rotatable bonds is 2. The van der Waals surface area contributed by atoms with Crippen LogP contribution < -0.4 is 0 Å². The summed E-state index contributed by atoms with van der Waals surface area (Å²) >= 11 is 5.82. The van der Waals surface area contributed by atoms with E-state index < -0.39 is 0 Å². The van der Waals surface area contributed by atoms with Crippen molar-refractivity contribution in [1.82, 2.24) is 4.90 Å². The van der Waals surface area contributed by atoms with Crippen molar-refractivity contribution in [2.45, 2.75) is 13.0 Å². The second-order valence-corrected chi connectivity index (χ2v) is 4.08. The largest absolute Gasteiger partial charge is 0.469 e. The van der Waals surface area contributed by atoms with Crippen LogP contribution in [0.2, 0.25) is 0 Å². The van der Waals surface area contributed by atoms with E-state index in [0.717, 1.165) is 0 Å².